The van der Waals surface area contributed by atoms with Crippen molar-refractivity contribution in [1.82, 2.24) is 15.1 Å². The minimum Gasteiger partial charge on any atom is -0.349 e. The molecule has 7 heteroatoms. The monoisotopic (exact) mass is 344 g/mol. The summed E-state index contributed by atoms with van der Waals surface area (Å²) in [5.74, 6) is -0.800. The Morgan fingerprint density at radius 2 is 1.84 bits per heavy atom. The van der Waals surface area contributed by atoms with Crippen molar-refractivity contribution < 1.29 is 19.2 Å². The van der Waals surface area contributed by atoms with Gasteiger partial charge in [-0.1, -0.05) is 36.4 Å². The molecule has 3 amide bonds. The van der Waals surface area contributed by atoms with Gasteiger partial charge >= 0.3 is 6.03 Å². The Morgan fingerprint density at radius 3 is 2.36 bits per heavy atom. The van der Waals surface area contributed by atoms with E-state index in [1.807, 2.05) is 18.2 Å². The Morgan fingerprint density at radius 1 is 1.20 bits per heavy atom. The van der Waals surface area contributed by atoms with Gasteiger partial charge in [-0.2, -0.15) is 0 Å². The number of hydrogen-bond donors (Lipinski definition) is 1. The average Bonchev–Trinajstić information content (AvgIpc) is 2.62. The second-order valence-electron chi connectivity index (χ2n) is 5.45. The van der Waals surface area contributed by atoms with E-state index in [-0.39, 0.29) is 18.9 Å². The number of carbonyl (C=O) groups is 3. The minimum absolute atomic E-state index is 0.00568. The van der Waals surface area contributed by atoms with E-state index in [2.05, 4.69) is 5.32 Å². The first-order chi connectivity index (χ1) is 11.9. The number of ketones is 1. The smallest absolute Gasteiger partial charge is 0.318 e. The number of benzene rings is 1. The zero-order chi connectivity index (χ0) is 18.8. The fraction of sp³-hybridized carbons (Fsp3) is 0.333. The Bertz CT molecular complexity index is 641. The highest BCUT2D eigenvalue weighted by atomic mass is 16.2. The van der Waals surface area contributed by atoms with E-state index in [9.17, 15) is 19.2 Å². The lowest BCUT2D eigenvalue weighted by molar-refractivity contribution is -0.129. The Hall–Kier alpha value is -2.96. The van der Waals surface area contributed by atoms with E-state index in [1.165, 1.54) is 18.0 Å². The number of carbonyl (C=O) groups excluding carboxylic acids is 4. The molecule has 133 valence electrons. The lowest BCUT2D eigenvalue weighted by atomic mass is 10.1. The maximum Gasteiger partial charge on any atom is 0.318 e. The van der Waals surface area contributed by atoms with Crippen LogP contribution in [0.4, 0.5) is 4.79 Å². The number of nitrogens with one attached hydrogen (secondary N) is 1. The maximum atomic E-state index is 12.3. The maximum absolute atomic E-state index is 12.3. The first kappa shape index (κ1) is 20.1. The van der Waals surface area contributed by atoms with E-state index in [1.54, 1.807) is 38.6 Å². The predicted molar refractivity (Wildman–Crippen MR) is 94.4 cm³/mol. The predicted octanol–water partition coefficient (Wildman–Crippen LogP) is 0.867. The van der Waals surface area contributed by atoms with Crippen LogP contribution in [0, 0.1) is 0 Å². The summed E-state index contributed by atoms with van der Waals surface area (Å²) in [6, 6.07) is 7.05. The Kier molecular flexibility index (Phi) is 8.05. The third-order valence-corrected chi connectivity index (χ3v) is 3.47. The van der Waals surface area contributed by atoms with E-state index in [4.69, 9.17) is 0 Å². The number of rotatable bonds is 8. The van der Waals surface area contributed by atoms with Crippen molar-refractivity contribution in [3.8, 4) is 0 Å². The molecule has 1 aromatic rings. The summed E-state index contributed by atoms with van der Waals surface area (Å²) in [5, 5.41) is 2.37. The van der Waals surface area contributed by atoms with Gasteiger partial charge in [0, 0.05) is 34.1 Å². The van der Waals surface area contributed by atoms with Crippen LogP contribution in [0.5, 0.6) is 0 Å². The van der Waals surface area contributed by atoms with E-state index >= 15 is 0 Å². The van der Waals surface area contributed by atoms with Crippen LogP contribution in [0.1, 0.15) is 12.0 Å². The van der Waals surface area contributed by atoms with Crippen molar-refractivity contribution in [2.45, 2.75) is 12.5 Å². The van der Waals surface area contributed by atoms with Gasteiger partial charge in [0.1, 0.15) is 0 Å². The summed E-state index contributed by atoms with van der Waals surface area (Å²) in [4.78, 5) is 49.7. The van der Waals surface area contributed by atoms with Crippen LogP contribution in [0.3, 0.4) is 0 Å². The first-order valence-electron chi connectivity index (χ1n) is 7.73. The van der Waals surface area contributed by atoms with Gasteiger partial charge in [-0.3, -0.25) is 14.4 Å². The molecule has 0 aliphatic carbocycles. The van der Waals surface area contributed by atoms with E-state index in [0.29, 0.717) is 0 Å². The van der Waals surface area contributed by atoms with Gasteiger partial charge in [0.15, 0.2) is 11.8 Å². The fourth-order valence-corrected chi connectivity index (χ4v) is 2.04. The van der Waals surface area contributed by atoms with Crippen LogP contribution in [-0.2, 0) is 14.4 Å². The summed E-state index contributed by atoms with van der Waals surface area (Å²) >= 11 is 0. The lowest BCUT2D eigenvalue weighted by Gasteiger charge is -2.26. The van der Waals surface area contributed by atoms with Crippen LogP contribution < -0.4 is 5.32 Å². The third kappa shape index (κ3) is 6.21. The number of amides is 3. The highest BCUT2D eigenvalue weighted by Gasteiger charge is 2.29. The molecular weight excluding hydrogens is 322 g/mol. The second kappa shape index (κ2) is 10.0. The molecule has 1 rings (SSSR count). The van der Waals surface area contributed by atoms with Gasteiger partial charge in [-0.25, -0.2) is 4.79 Å². The molecule has 0 saturated heterocycles. The third-order valence-electron chi connectivity index (χ3n) is 3.47. The van der Waals surface area contributed by atoms with Gasteiger partial charge in [0.05, 0.1) is 0 Å². The normalized spacial score (nSPS) is 11.6. The summed E-state index contributed by atoms with van der Waals surface area (Å²) in [6.07, 6.45) is 4.38. The van der Waals surface area contributed by atoms with Gasteiger partial charge in [-0.15, -0.1) is 0 Å². The molecule has 1 unspecified atom stereocenters. The summed E-state index contributed by atoms with van der Waals surface area (Å²) in [5.41, 5.74) is 0.787. The summed E-state index contributed by atoms with van der Waals surface area (Å²) in [6.45, 7) is -0.0679. The van der Waals surface area contributed by atoms with Crippen molar-refractivity contribution in [3.63, 3.8) is 0 Å². The van der Waals surface area contributed by atoms with Crippen molar-refractivity contribution in [2.75, 3.05) is 27.7 Å². The quantitative estimate of drug-likeness (QED) is 0.560. The van der Waals surface area contributed by atoms with Gasteiger partial charge in [0.25, 0.3) is 0 Å². The number of nitrogens with zero attached hydrogens (tertiary/aromatic N) is 2. The van der Waals surface area contributed by atoms with Crippen molar-refractivity contribution >= 4 is 30.1 Å². The van der Waals surface area contributed by atoms with Gasteiger partial charge < -0.3 is 15.1 Å². The first-order valence-corrected chi connectivity index (χ1v) is 7.73. The summed E-state index contributed by atoms with van der Waals surface area (Å²) in [7, 11) is 4.56. The van der Waals surface area contributed by atoms with E-state index in [0.717, 1.165) is 10.5 Å². The standard InChI is InChI=1S/C18H22N3O4/c1-19-18(25)21(12-11-17(24)20(2)3)15(13-22)16(23)10-9-14-7-5-4-6-8-14/h4-10,15H,11-12H2,1-3H3,(H,19,25). The van der Waals surface area contributed by atoms with Crippen LogP contribution in [-0.4, -0.2) is 67.5 Å². The molecule has 0 aliphatic heterocycles. The molecule has 0 aromatic heterocycles. The molecule has 1 atom stereocenters. The van der Waals surface area contributed by atoms with Crippen LogP contribution in [0.25, 0.3) is 6.08 Å². The molecular formula is C18H22N3O4. The highest BCUT2D eigenvalue weighted by molar-refractivity contribution is 6.08. The molecule has 0 heterocycles. The molecule has 25 heavy (non-hydrogen) atoms. The molecule has 0 aliphatic rings. The largest absolute Gasteiger partial charge is 0.349 e. The molecule has 1 aromatic carbocycles. The molecule has 0 spiro atoms. The van der Waals surface area contributed by atoms with E-state index < -0.39 is 17.9 Å². The van der Waals surface area contributed by atoms with Crippen LogP contribution >= 0.6 is 0 Å². The molecule has 0 fully saturated rings. The number of urea groups is 1. The molecule has 1 radical (unpaired) electrons. The average molecular weight is 344 g/mol. The zero-order valence-electron chi connectivity index (χ0n) is 14.6. The fourth-order valence-electron chi connectivity index (χ4n) is 2.04. The molecule has 1 N–H and O–H groups in total. The minimum atomic E-state index is -1.41. The van der Waals surface area contributed by atoms with Crippen LogP contribution in [0.15, 0.2) is 36.4 Å². The molecule has 7 nitrogen and oxygen atoms in total. The van der Waals surface area contributed by atoms with Crippen molar-refractivity contribution in [3.05, 3.63) is 42.0 Å². The molecule has 0 bridgehead atoms. The molecule has 0 saturated carbocycles. The van der Waals surface area contributed by atoms with Crippen LogP contribution in [0.2, 0.25) is 0 Å². The number of hydrogen-bond acceptors (Lipinski definition) is 4. The Labute approximate surface area is 147 Å². The van der Waals surface area contributed by atoms with Crippen molar-refractivity contribution in [2.24, 2.45) is 0 Å². The Balaban J connectivity index is 2.90. The van der Waals surface area contributed by atoms with Gasteiger partial charge in [0.2, 0.25) is 12.2 Å². The topological polar surface area (TPSA) is 86.8 Å². The van der Waals surface area contributed by atoms with Crippen molar-refractivity contribution in [1.29, 1.82) is 0 Å². The van der Waals surface area contributed by atoms with Gasteiger partial charge in [-0.05, 0) is 11.6 Å². The SMILES string of the molecule is CNC(=O)N(CCC(=O)N(C)C)C([C]=O)C(=O)C=Cc1ccccc1. The zero-order valence-corrected chi connectivity index (χ0v) is 14.6. The lowest BCUT2D eigenvalue weighted by Crippen LogP contribution is -2.50. The highest BCUT2D eigenvalue weighted by Crippen LogP contribution is 2.06. The summed E-state index contributed by atoms with van der Waals surface area (Å²) < 4.78 is 0. The second-order valence-corrected chi connectivity index (χ2v) is 5.45.